The molecule has 1 aliphatic heterocycles. The summed E-state index contributed by atoms with van der Waals surface area (Å²) in [5.74, 6) is 0.00194. The van der Waals surface area contributed by atoms with E-state index in [4.69, 9.17) is 0 Å². The van der Waals surface area contributed by atoms with Gasteiger partial charge in [-0.1, -0.05) is 27.7 Å². The molecule has 4 rings (SSSR count). The maximum absolute atomic E-state index is 12.1. The Kier molecular flexibility index (Phi) is 2.05. The zero-order valence-electron chi connectivity index (χ0n) is 9.13. The van der Waals surface area contributed by atoms with Crippen molar-refractivity contribution < 1.29 is 9.51 Å². The molecule has 3 aromatic rings. The second kappa shape index (κ2) is 3.52. The molecule has 0 fully saturated rings. The van der Waals surface area contributed by atoms with Gasteiger partial charge in [0.2, 0.25) is 0 Å². The summed E-state index contributed by atoms with van der Waals surface area (Å²) in [5, 5.41) is 12.1. The van der Waals surface area contributed by atoms with Crippen LogP contribution in [-0.4, -0.2) is 4.57 Å². The number of hydrogen-bond donors (Lipinski definition) is 0. The fourth-order valence-corrected chi connectivity index (χ4v) is 3.70. The Morgan fingerprint density at radius 2 is 2.11 bits per heavy atom. The highest BCUT2D eigenvalue weighted by Gasteiger charge is 2.26. The molecule has 0 radical (unpaired) electrons. The minimum Gasteiger partial charge on any atom is -0.839 e. The molecule has 0 unspecified atom stereocenters. The van der Waals surface area contributed by atoms with E-state index in [1.807, 2.05) is 40.9 Å². The first-order valence-corrected chi connectivity index (χ1v) is 7.05. The van der Waals surface area contributed by atoms with Crippen molar-refractivity contribution in [3.05, 3.63) is 47.2 Å². The Hall–Kier alpha value is -1.46. The van der Waals surface area contributed by atoms with E-state index in [0.717, 1.165) is 25.6 Å². The molecule has 0 aliphatic carbocycles. The average molecular weight is 319 g/mol. The lowest BCUT2D eigenvalue weighted by molar-refractivity contribution is -0.515. The predicted octanol–water partition coefficient (Wildman–Crippen LogP) is 2.52. The lowest BCUT2D eigenvalue weighted by Gasteiger charge is -2.15. The third-order valence-corrected chi connectivity index (χ3v) is 4.62. The lowest BCUT2D eigenvalue weighted by atomic mass is 10.3. The van der Waals surface area contributed by atoms with Crippen LogP contribution in [0.25, 0.3) is 11.3 Å². The van der Waals surface area contributed by atoms with Gasteiger partial charge in [0, 0.05) is 10.5 Å². The second-order valence-corrected chi connectivity index (χ2v) is 6.12. The van der Waals surface area contributed by atoms with Gasteiger partial charge in [0.15, 0.2) is 0 Å². The molecular formula is C13H7BrN2OS. The highest BCUT2D eigenvalue weighted by atomic mass is 79.9. The predicted molar refractivity (Wildman–Crippen MR) is 70.2 cm³/mol. The van der Waals surface area contributed by atoms with E-state index < -0.39 is 0 Å². The standard InChI is InChI=1S/C13H7BrN2OS/c14-8-3-4-10-9(6-8)16-12(17)7-15-5-1-2-11(18-10)13(15)16/h1-7H. The van der Waals surface area contributed by atoms with Crippen molar-refractivity contribution in [2.45, 2.75) is 9.79 Å². The maximum atomic E-state index is 12.1. The molecule has 3 nitrogen and oxygen atoms in total. The van der Waals surface area contributed by atoms with Gasteiger partial charge >= 0.3 is 5.65 Å². The molecule has 1 aromatic carbocycles. The first-order valence-electron chi connectivity index (χ1n) is 5.44. The first kappa shape index (κ1) is 10.5. The molecular weight excluding hydrogens is 312 g/mol. The molecule has 0 atom stereocenters. The van der Waals surface area contributed by atoms with Gasteiger partial charge in [0.1, 0.15) is 22.7 Å². The SMILES string of the molecule is [O-]c1c[n+]2cccc3c2n1-c1cc(Br)ccc1S3. The van der Waals surface area contributed by atoms with Crippen molar-refractivity contribution in [2.75, 3.05) is 0 Å². The number of aromatic nitrogens is 2. The van der Waals surface area contributed by atoms with Crippen molar-refractivity contribution in [1.82, 2.24) is 4.57 Å². The van der Waals surface area contributed by atoms with Gasteiger partial charge in [0.25, 0.3) is 0 Å². The summed E-state index contributed by atoms with van der Waals surface area (Å²) >= 11 is 5.16. The largest absolute Gasteiger partial charge is 0.839 e. The molecule has 0 saturated heterocycles. The normalized spacial score (nSPS) is 12.7. The molecule has 0 bridgehead atoms. The minimum atomic E-state index is 0.00194. The van der Waals surface area contributed by atoms with Crippen molar-refractivity contribution in [3.8, 4) is 11.6 Å². The van der Waals surface area contributed by atoms with Crippen molar-refractivity contribution >= 4 is 33.3 Å². The van der Waals surface area contributed by atoms with E-state index >= 15 is 0 Å². The number of benzene rings is 1. The molecule has 3 heterocycles. The second-order valence-electron chi connectivity index (χ2n) is 4.12. The van der Waals surface area contributed by atoms with Crippen LogP contribution in [-0.2, 0) is 0 Å². The zero-order chi connectivity index (χ0) is 12.3. The number of fused-ring (bicyclic) bond motifs is 2. The van der Waals surface area contributed by atoms with Gasteiger partial charge in [-0.15, -0.1) is 0 Å². The number of hydrogen-bond acceptors (Lipinski definition) is 2. The Bertz CT molecular complexity index is 797. The summed E-state index contributed by atoms with van der Waals surface area (Å²) in [4.78, 5) is 2.21. The Morgan fingerprint density at radius 1 is 1.22 bits per heavy atom. The van der Waals surface area contributed by atoms with E-state index in [1.165, 1.54) is 0 Å². The molecule has 0 spiro atoms. The van der Waals surface area contributed by atoms with E-state index in [2.05, 4.69) is 15.9 Å². The Balaban J connectivity index is 2.20. The third kappa shape index (κ3) is 1.29. The number of rotatable bonds is 0. The maximum Gasteiger partial charge on any atom is 0.305 e. The van der Waals surface area contributed by atoms with Crippen LogP contribution in [0.15, 0.2) is 57.0 Å². The number of halogens is 1. The smallest absolute Gasteiger partial charge is 0.305 e. The minimum absolute atomic E-state index is 0.00194. The zero-order valence-corrected chi connectivity index (χ0v) is 11.5. The van der Waals surface area contributed by atoms with Crippen LogP contribution in [0.4, 0.5) is 0 Å². The van der Waals surface area contributed by atoms with Crippen LogP contribution >= 0.6 is 27.7 Å². The summed E-state index contributed by atoms with van der Waals surface area (Å²) in [6, 6.07) is 10.0. The molecule has 0 amide bonds. The van der Waals surface area contributed by atoms with E-state index in [-0.39, 0.29) is 5.88 Å². The fraction of sp³-hybridized carbons (Fsp3) is 0. The molecule has 18 heavy (non-hydrogen) atoms. The summed E-state index contributed by atoms with van der Waals surface area (Å²) in [5.41, 5.74) is 1.89. The van der Waals surface area contributed by atoms with Gasteiger partial charge in [-0.25, -0.2) is 4.40 Å². The fourth-order valence-electron chi connectivity index (χ4n) is 2.29. The quantitative estimate of drug-likeness (QED) is 0.467. The Labute approximate surface area is 116 Å². The summed E-state index contributed by atoms with van der Waals surface area (Å²) in [7, 11) is 0. The lowest BCUT2D eigenvalue weighted by Crippen LogP contribution is -2.20. The van der Waals surface area contributed by atoms with E-state index in [0.29, 0.717) is 0 Å². The third-order valence-electron chi connectivity index (χ3n) is 3.02. The monoisotopic (exact) mass is 318 g/mol. The summed E-state index contributed by atoms with van der Waals surface area (Å²) < 4.78 is 4.63. The molecule has 5 heteroatoms. The molecule has 2 aromatic heterocycles. The molecule has 1 aliphatic rings. The van der Waals surface area contributed by atoms with E-state index in [9.17, 15) is 5.11 Å². The van der Waals surface area contributed by atoms with Gasteiger partial charge in [-0.3, -0.25) is 0 Å². The van der Waals surface area contributed by atoms with Crippen molar-refractivity contribution in [2.24, 2.45) is 0 Å². The van der Waals surface area contributed by atoms with Crippen LogP contribution < -0.4 is 9.51 Å². The highest BCUT2D eigenvalue weighted by molar-refractivity contribution is 9.10. The number of imidazole rings is 1. The first-order chi connectivity index (χ1) is 8.74. The van der Waals surface area contributed by atoms with E-state index in [1.54, 1.807) is 22.5 Å². The van der Waals surface area contributed by atoms with Gasteiger partial charge in [0.05, 0.1) is 11.1 Å². The van der Waals surface area contributed by atoms with Crippen LogP contribution in [0.1, 0.15) is 0 Å². The van der Waals surface area contributed by atoms with Crippen molar-refractivity contribution in [3.63, 3.8) is 0 Å². The summed E-state index contributed by atoms with van der Waals surface area (Å²) in [6.45, 7) is 0. The topological polar surface area (TPSA) is 32.1 Å². The Morgan fingerprint density at radius 3 is 3.00 bits per heavy atom. The summed E-state index contributed by atoms with van der Waals surface area (Å²) in [6.07, 6.45) is 3.52. The molecule has 0 saturated carbocycles. The molecule has 0 N–H and O–H groups in total. The number of nitrogens with zero attached hydrogens (tertiary/aromatic N) is 2. The van der Waals surface area contributed by atoms with Gasteiger partial charge in [-0.2, -0.15) is 4.57 Å². The van der Waals surface area contributed by atoms with Crippen LogP contribution in [0, 0.1) is 0 Å². The van der Waals surface area contributed by atoms with Gasteiger partial charge in [-0.05, 0) is 24.3 Å². The van der Waals surface area contributed by atoms with Crippen LogP contribution in [0.5, 0.6) is 5.88 Å². The van der Waals surface area contributed by atoms with Crippen LogP contribution in [0.3, 0.4) is 0 Å². The van der Waals surface area contributed by atoms with Crippen molar-refractivity contribution in [1.29, 1.82) is 0 Å². The van der Waals surface area contributed by atoms with Gasteiger partial charge < -0.3 is 5.11 Å². The highest BCUT2D eigenvalue weighted by Crippen LogP contribution is 2.41. The molecule has 88 valence electrons. The van der Waals surface area contributed by atoms with Crippen LogP contribution in [0.2, 0.25) is 0 Å². The average Bonchev–Trinajstić information content (AvgIpc) is 2.69. The number of pyridine rings is 1.